The van der Waals surface area contributed by atoms with Crippen LogP contribution in [0.2, 0.25) is 10.0 Å². The lowest BCUT2D eigenvalue weighted by molar-refractivity contribution is 0.0780. The van der Waals surface area contributed by atoms with Gasteiger partial charge in [-0.3, -0.25) is 4.79 Å². The summed E-state index contributed by atoms with van der Waals surface area (Å²) in [5.41, 5.74) is 5.98. The van der Waals surface area contributed by atoms with Crippen molar-refractivity contribution in [2.45, 2.75) is 49.3 Å². The number of likely N-dealkylation sites (tertiary alicyclic amines) is 1. The van der Waals surface area contributed by atoms with Gasteiger partial charge in [-0.1, -0.05) is 64.7 Å². The van der Waals surface area contributed by atoms with Crippen molar-refractivity contribution < 1.29 is 4.79 Å². The molecule has 0 bridgehead atoms. The van der Waals surface area contributed by atoms with E-state index >= 15 is 0 Å². The molecular formula is C32H36Cl2N2OS. The standard InChI is InChI=1S/C32H36Cl2N2OS/c1-22-16-23(2)18-26(17-22)31(37)35(3)20-25(24-8-9-28(33)29(34)19-24)10-13-36-14-11-32(12-15-36)21-38-30-7-5-4-6-27(30)32/h4-9,16-19,25H,10-15,20-21H2,1-3H3/t25-/m1/s1. The van der Waals surface area contributed by atoms with Crippen LogP contribution in [0.25, 0.3) is 0 Å². The minimum Gasteiger partial charge on any atom is -0.341 e. The smallest absolute Gasteiger partial charge is 0.253 e. The van der Waals surface area contributed by atoms with Gasteiger partial charge in [0.1, 0.15) is 0 Å². The van der Waals surface area contributed by atoms with Crippen LogP contribution in [0.15, 0.2) is 65.6 Å². The summed E-state index contributed by atoms with van der Waals surface area (Å²) in [6.07, 6.45) is 3.37. The molecule has 5 rings (SSSR count). The largest absolute Gasteiger partial charge is 0.341 e. The van der Waals surface area contributed by atoms with Gasteiger partial charge in [0.15, 0.2) is 0 Å². The predicted octanol–water partition coefficient (Wildman–Crippen LogP) is 8.00. The Bertz CT molecular complexity index is 1300. The first-order chi connectivity index (χ1) is 18.2. The van der Waals surface area contributed by atoms with Crippen molar-refractivity contribution in [2.75, 3.05) is 39.0 Å². The lowest BCUT2D eigenvalue weighted by atomic mass is 9.74. The van der Waals surface area contributed by atoms with Gasteiger partial charge in [0.25, 0.3) is 5.91 Å². The summed E-state index contributed by atoms with van der Waals surface area (Å²) < 4.78 is 0. The first kappa shape index (κ1) is 27.6. The van der Waals surface area contributed by atoms with Crippen LogP contribution in [0, 0.1) is 13.8 Å². The molecule has 1 spiro atoms. The fraction of sp³-hybridized carbons (Fsp3) is 0.406. The number of hydrogen-bond donors (Lipinski definition) is 0. The summed E-state index contributed by atoms with van der Waals surface area (Å²) >= 11 is 14.7. The van der Waals surface area contributed by atoms with Crippen LogP contribution in [0.4, 0.5) is 0 Å². The number of hydrogen-bond acceptors (Lipinski definition) is 3. The maximum absolute atomic E-state index is 13.4. The van der Waals surface area contributed by atoms with E-state index in [2.05, 4.69) is 41.3 Å². The minimum atomic E-state index is 0.0548. The van der Waals surface area contributed by atoms with Gasteiger partial charge in [-0.05, 0) is 94.2 Å². The summed E-state index contributed by atoms with van der Waals surface area (Å²) in [7, 11) is 1.91. The quantitative estimate of drug-likeness (QED) is 0.289. The zero-order valence-electron chi connectivity index (χ0n) is 22.5. The lowest BCUT2D eigenvalue weighted by Crippen LogP contribution is -2.43. The Morgan fingerprint density at radius 3 is 2.42 bits per heavy atom. The highest BCUT2D eigenvalue weighted by atomic mass is 35.5. The van der Waals surface area contributed by atoms with Gasteiger partial charge in [0, 0.05) is 41.1 Å². The molecular weight excluding hydrogens is 531 g/mol. The number of carbonyl (C=O) groups is 1. The predicted molar refractivity (Wildman–Crippen MR) is 161 cm³/mol. The molecule has 0 radical (unpaired) electrons. The van der Waals surface area contributed by atoms with Gasteiger partial charge in [-0.25, -0.2) is 0 Å². The van der Waals surface area contributed by atoms with Crippen molar-refractivity contribution in [1.82, 2.24) is 9.80 Å². The number of carbonyl (C=O) groups excluding carboxylic acids is 1. The van der Waals surface area contributed by atoms with Gasteiger partial charge in [-0.15, -0.1) is 11.8 Å². The first-order valence-corrected chi connectivity index (χ1v) is 15.2. The van der Waals surface area contributed by atoms with Crippen molar-refractivity contribution in [2.24, 2.45) is 0 Å². The second-order valence-corrected chi connectivity index (χ2v) is 13.0. The number of aryl methyl sites for hydroxylation is 2. The number of amides is 1. The van der Waals surface area contributed by atoms with Crippen molar-refractivity contribution in [3.8, 4) is 0 Å². The van der Waals surface area contributed by atoms with Gasteiger partial charge < -0.3 is 9.80 Å². The molecule has 38 heavy (non-hydrogen) atoms. The summed E-state index contributed by atoms with van der Waals surface area (Å²) in [4.78, 5) is 19.3. The third-order valence-electron chi connectivity index (χ3n) is 8.29. The zero-order valence-corrected chi connectivity index (χ0v) is 24.8. The number of thioether (sulfide) groups is 1. The van der Waals surface area contributed by atoms with E-state index < -0.39 is 0 Å². The van der Waals surface area contributed by atoms with E-state index in [1.165, 1.54) is 23.5 Å². The minimum absolute atomic E-state index is 0.0548. The number of halogens is 2. The molecule has 1 amide bonds. The highest BCUT2D eigenvalue weighted by Crippen LogP contribution is 2.49. The average molecular weight is 568 g/mol. The molecule has 200 valence electrons. The van der Waals surface area contributed by atoms with E-state index in [1.807, 2.05) is 61.8 Å². The van der Waals surface area contributed by atoms with Gasteiger partial charge in [0.2, 0.25) is 0 Å². The molecule has 0 saturated carbocycles. The third-order valence-corrected chi connectivity index (χ3v) is 10.4. The number of benzene rings is 3. The average Bonchev–Trinajstić information content (AvgIpc) is 3.26. The lowest BCUT2D eigenvalue weighted by Gasteiger charge is -2.40. The Labute approximate surface area is 241 Å². The van der Waals surface area contributed by atoms with Crippen LogP contribution in [0.1, 0.15) is 57.8 Å². The molecule has 0 N–H and O–H groups in total. The number of piperidine rings is 1. The molecule has 2 aliphatic heterocycles. The molecule has 2 aliphatic rings. The van der Waals surface area contributed by atoms with E-state index in [0.717, 1.165) is 48.3 Å². The molecule has 1 fully saturated rings. The van der Waals surface area contributed by atoms with E-state index in [4.69, 9.17) is 23.2 Å². The number of likely N-dealkylation sites (N-methyl/N-ethyl adjacent to an activating group) is 1. The van der Waals surface area contributed by atoms with Crippen LogP contribution < -0.4 is 0 Å². The Kier molecular flexibility index (Phi) is 8.45. The van der Waals surface area contributed by atoms with E-state index in [9.17, 15) is 4.79 Å². The molecule has 2 heterocycles. The number of fused-ring (bicyclic) bond motifs is 2. The summed E-state index contributed by atoms with van der Waals surface area (Å²) in [6, 6.07) is 20.9. The normalized spacial score (nSPS) is 17.4. The summed E-state index contributed by atoms with van der Waals surface area (Å²) in [5.74, 6) is 1.43. The summed E-state index contributed by atoms with van der Waals surface area (Å²) in [5, 5.41) is 1.12. The van der Waals surface area contributed by atoms with Crippen LogP contribution in [0.5, 0.6) is 0 Å². The fourth-order valence-corrected chi connectivity index (χ4v) is 7.94. The first-order valence-electron chi connectivity index (χ1n) is 13.5. The highest BCUT2D eigenvalue weighted by molar-refractivity contribution is 7.99. The molecule has 0 aromatic heterocycles. The maximum Gasteiger partial charge on any atom is 0.253 e. The SMILES string of the molecule is Cc1cc(C)cc(C(=O)N(C)C[C@@H](CCN2CCC3(CC2)CSc2ccccc23)c2ccc(Cl)c(Cl)c2)c1. The van der Waals surface area contributed by atoms with E-state index in [0.29, 0.717) is 22.0 Å². The summed E-state index contributed by atoms with van der Waals surface area (Å²) in [6.45, 7) is 7.93. The van der Waals surface area contributed by atoms with Crippen molar-refractivity contribution in [3.63, 3.8) is 0 Å². The Morgan fingerprint density at radius 1 is 1.00 bits per heavy atom. The Hall–Kier alpha value is -1.98. The molecule has 1 atom stereocenters. The monoisotopic (exact) mass is 566 g/mol. The highest BCUT2D eigenvalue weighted by Gasteiger charge is 2.41. The molecule has 3 aromatic rings. The molecule has 3 nitrogen and oxygen atoms in total. The molecule has 0 aliphatic carbocycles. The second-order valence-electron chi connectivity index (χ2n) is 11.1. The van der Waals surface area contributed by atoms with E-state index in [1.54, 1.807) is 5.56 Å². The van der Waals surface area contributed by atoms with Crippen molar-refractivity contribution in [1.29, 1.82) is 0 Å². The van der Waals surface area contributed by atoms with Crippen LogP contribution in [-0.2, 0) is 5.41 Å². The molecule has 3 aromatic carbocycles. The molecule has 6 heteroatoms. The van der Waals surface area contributed by atoms with Crippen molar-refractivity contribution in [3.05, 3.63) is 98.5 Å². The Morgan fingerprint density at radius 2 is 1.71 bits per heavy atom. The van der Waals surface area contributed by atoms with Crippen LogP contribution in [-0.4, -0.2) is 54.7 Å². The topological polar surface area (TPSA) is 23.6 Å². The second kappa shape index (κ2) is 11.6. The van der Waals surface area contributed by atoms with Crippen LogP contribution in [0.3, 0.4) is 0 Å². The fourth-order valence-electron chi connectivity index (χ4n) is 6.14. The van der Waals surface area contributed by atoms with E-state index in [-0.39, 0.29) is 11.8 Å². The molecule has 1 saturated heterocycles. The maximum atomic E-state index is 13.4. The zero-order chi connectivity index (χ0) is 26.9. The van der Waals surface area contributed by atoms with Crippen molar-refractivity contribution >= 4 is 40.9 Å². The molecule has 0 unspecified atom stereocenters. The van der Waals surface area contributed by atoms with Gasteiger partial charge >= 0.3 is 0 Å². The van der Waals surface area contributed by atoms with Gasteiger partial charge in [-0.2, -0.15) is 0 Å². The number of rotatable bonds is 7. The van der Waals surface area contributed by atoms with Crippen LogP contribution >= 0.6 is 35.0 Å². The van der Waals surface area contributed by atoms with Gasteiger partial charge in [0.05, 0.1) is 10.0 Å². The Balaban J connectivity index is 1.27. The third kappa shape index (κ3) is 5.94. The number of nitrogens with zero attached hydrogens (tertiary/aromatic N) is 2.